The second kappa shape index (κ2) is 6.12. The number of nitrogens with one attached hydrogen (secondary N) is 1. The second-order valence-corrected chi connectivity index (χ2v) is 8.40. The van der Waals surface area contributed by atoms with E-state index in [1.165, 1.54) is 40.3 Å². The molecular weight excluding hydrogens is 344 g/mol. The molecule has 3 heterocycles. The van der Waals surface area contributed by atoms with Crippen LogP contribution in [0.15, 0.2) is 24.5 Å². The number of fused-ring (bicyclic) bond motifs is 3. The number of piperidine rings is 1. The van der Waals surface area contributed by atoms with Gasteiger partial charge in [0.2, 0.25) is 0 Å². The monoisotopic (exact) mass is 368 g/mol. The smallest absolute Gasteiger partial charge is 0.135 e. The van der Waals surface area contributed by atoms with E-state index in [2.05, 4.69) is 40.3 Å². The zero-order valence-electron chi connectivity index (χ0n) is 15.3. The molecule has 0 saturated carbocycles. The summed E-state index contributed by atoms with van der Waals surface area (Å²) in [6.07, 6.45) is 6.38. The van der Waals surface area contributed by atoms with Gasteiger partial charge in [-0.05, 0) is 48.8 Å². The lowest BCUT2D eigenvalue weighted by atomic mass is 9.74. The molecule has 1 fully saturated rings. The summed E-state index contributed by atoms with van der Waals surface area (Å²) in [5.41, 5.74) is 6.90. The van der Waals surface area contributed by atoms with Crippen LogP contribution < -0.4 is 10.2 Å². The summed E-state index contributed by atoms with van der Waals surface area (Å²) in [6.45, 7) is 5.47. The van der Waals surface area contributed by atoms with Crippen molar-refractivity contribution in [1.29, 1.82) is 0 Å². The molecule has 0 radical (unpaired) electrons. The molecule has 1 N–H and O–H groups in total. The molecule has 1 aromatic heterocycles. The van der Waals surface area contributed by atoms with E-state index in [-0.39, 0.29) is 5.41 Å². The van der Waals surface area contributed by atoms with Gasteiger partial charge in [0.05, 0.1) is 0 Å². The van der Waals surface area contributed by atoms with Gasteiger partial charge < -0.3 is 10.2 Å². The summed E-state index contributed by atoms with van der Waals surface area (Å²) in [6, 6.07) is 6.66. The van der Waals surface area contributed by atoms with E-state index in [0.29, 0.717) is 11.8 Å². The lowest BCUT2D eigenvalue weighted by molar-refractivity contribution is 0.360. The van der Waals surface area contributed by atoms with Crippen LogP contribution in [0, 0.1) is 0 Å². The van der Waals surface area contributed by atoms with Crippen molar-refractivity contribution in [3.05, 3.63) is 46.9 Å². The van der Waals surface area contributed by atoms with E-state index < -0.39 is 0 Å². The van der Waals surface area contributed by atoms with Crippen LogP contribution >= 0.6 is 11.6 Å². The molecule has 5 rings (SSSR count). The van der Waals surface area contributed by atoms with Gasteiger partial charge in [-0.2, -0.15) is 0 Å². The normalized spacial score (nSPS) is 23.0. The van der Waals surface area contributed by atoms with Crippen molar-refractivity contribution in [3.8, 4) is 0 Å². The number of aromatic nitrogens is 2. The second-order valence-electron chi connectivity index (χ2n) is 8.13. The van der Waals surface area contributed by atoms with E-state index in [4.69, 9.17) is 16.6 Å². The highest BCUT2D eigenvalue weighted by Crippen LogP contribution is 2.46. The van der Waals surface area contributed by atoms with E-state index >= 15 is 0 Å². The van der Waals surface area contributed by atoms with Gasteiger partial charge in [0, 0.05) is 47.9 Å². The molecule has 1 unspecified atom stereocenters. The average Bonchev–Trinajstić information content (AvgIpc) is 3.24. The van der Waals surface area contributed by atoms with Gasteiger partial charge in [0.15, 0.2) is 0 Å². The van der Waals surface area contributed by atoms with Gasteiger partial charge in [0.25, 0.3) is 0 Å². The molecular formula is C21H25ClN4. The molecule has 1 aliphatic carbocycles. The molecule has 0 bridgehead atoms. The third-order valence-electron chi connectivity index (χ3n) is 6.70. The number of benzene rings is 1. The van der Waals surface area contributed by atoms with Gasteiger partial charge in [0.1, 0.15) is 12.1 Å². The van der Waals surface area contributed by atoms with Crippen LogP contribution in [0.5, 0.6) is 0 Å². The third-order valence-corrected chi connectivity index (χ3v) is 7.01. The summed E-state index contributed by atoms with van der Waals surface area (Å²) in [7, 11) is 0. The van der Waals surface area contributed by atoms with Crippen molar-refractivity contribution in [1.82, 2.24) is 9.97 Å². The Balaban J connectivity index is 1.41. The summed E-state index contributed by atoms with van der Waals surface area (Å²) in [5, 5.41) is 3.63. The molecule has 5 heteroatoms. The molecule has 4 nitrogen and oxygen atoms in total. The Hall–Kier alpha value is -1.81. The molecule has 2 aliphatic heterocycles. The molecule has 136 valence electrons. The van der Waals surface area contributed by atoms with Gasteiger partial charge in [-0.1, -0.05) is 19.1 Å². The minimum atomic E-state index is 0.246. The first-order chi connectivity index (χ1) is 12.7. The quantitative estimate of drug-likeness (QED) is 0.805. The standard InChI is InChI=1S/C21H25ClN4/c1-14-2-4-18-19(14)20(25-13-24-18)26-8-6-21(7-9-26)12-23-17-5-3-15(11-22)10-16(17)21/h3,5,10,13-14,23H,2,4,6-9,11-12H2,1H3. The van der Waals surface area contributed by atoms with Crippen LogP contribution in [-0.4, -0.2) is 29.6 Å². The number of aryl methyl sites for hydroxylation is 1. The average molecular weight is 369 g/mol. The number of anilines is 2. The van der Waals surface area contributed by atoms with Crippen LogP contribution in [0.25, 0.3) is 0 Å². The Kier molecular flexibility index (Phi) is 3.85. The summed E-state index contributed by atoms with van der Waals surface area (Å²) >= 11 is 6.08. The fourth-order valence-electron chi connectivity index (χ4n) is 5.09. The van der Waals surface area contributed by atoms with Crippen molar-refractivity contribution in [2.24, 2.45) is 0 Å². The van der Waals surface area contributed by atoms with Crippen molar-refractivity contribution in [2.45, 2.75) is 49.8 Å². The van der Waals surface area contributed by atoms with Crippen LogP contribution in [0.3, 0.4) is 0 Å². The Morgan fingerprint density at radius 3 is 2.92 bits per heavy atom. The third kappa shape index (κ3) is 2.42. The van der Waals surface area contributed by atoms with Crippen LogP contribution in [0.2, 0.25) is 0 Å². The van der Waals surface area contributed by atoms with E-state index in [0.717, 1.165) is 38.9 Å². The topological polar surface area (TPSA) is 41.1 Å². The summed E-state index contributed by atoms with van der Waals surface area (Å²) < 4.78 is 0. The van der Waals surface area contributed by atoms with E-state index in [1.54, 1.807) is 6.33 Å². The molecule has 3 aliphatic rings. The Morgan fingerprint density at radius 1 is 1.27 bits per heavy atom. The highest BCUT2D eigenvalue weighted by atomic mass is 35.5. The number of nitrogens with zero attached hydrogens (tertiary/aromatic N) is 3. The zero-order valence-corrected chi connectivity index (χ0v) is 16.0. The lowest BCUT2D eigenvalue weighted by Crippen LogP contribution is -2.44. The first kappa shape index (κ1) is 16.4. The fraction of sp³-hybridized carbons (Fsp3) is 0.524. The molecule has 1 spiro atoms. The number of halogens is 1. The van der Waals surface area contributed by atoms with Gasteiger partial charge >= 0.3 is 0 Å². The van der Waals surface area contributed by atoms with Crippen molar-refractivity contribution >= 4 is 23.1 Å². The predicted octanol–water partition coefficient (Wildman–Crippen LogP) is 4.23. The maximum atomic E-state index is 6.08. The van der Waals surface area contributed by atoms with Crippen molar-refractivity contribution in [2.75, 3.05) is 29.9 Å². The predicted molar refractivity (Wildman–Crippen MR) is 106 cm³/mol. The first-order valence-electron chi connectivity index (χ1n) is 9.72. The minimum Gasteiger partial charge on any atom is -0.384 e. The fourth-order valence-corrected chi connectivity index (χ4v) is 5.26. The maximum absolute atomic E-state index is 6.08. The summed E-state index contributed by atoms with van der Waals surface area (Å²) in [4.78, 5) is 11.7. The first-order valence-corrected chi connectivity index (χ1v) is 10.3. The Morgan fingerprint density at radius 2 is 2.12 bits per heavy atom. The van der Waals surface area contributed by atoms with Gasteiger partial charge in [-0.25, -0.2) is 9.97 Å². The highest BCUT2D eigenvalue weighted by Gasteiger charge is 2.42. The molecule has 1 atom stereocenters. The van der Waals surface area contributed by atoms with Crippen molar-refractivity contribution in [3.63, 3.8) is 0 Å². The lowest BCUT2D eigenvalue weighted by Gasteiger charge is -2.40. The number of hydrogen-bond acceptors (Lipinski definition) is 4. The van der Waals surface area contributed by atoms with Crippen molar-refractivity contribution < 1.29 is 0 Å². The molecule has 2 aromatic rings. The highest BCUT2D eigenvalue weighted by molar-refractivity contribution is 6.17. The van der Waals surface area contributed by atoms with Gasteiger partial charge in [-0.3, -0.25) is 0 Å². The van der Waals surface area contributed by atoms with Crippen LogP contribution in [0.4, 0.5) is 11.5 Å². The van der Waals surface area contributed by atoms with Crippen LogP contribution in [0.1, 0.15) is 54.5 Å². The molecule has 1 saturated heterocycles. The number of alkyl halides is 1. The minimum absolute atomic E-state index is 0.246. The van der Waals surface area contributed by atoms with E-state index in [1.807, 2.05) is 0 Å². The zero-order chi connectivity index (χ0) is 17.7. The van der Waals surface area contributed by atoms with Crippen LogP contribution in [-0.2, 0) is 17.7 Å². The Bertz CT molecular complexity index is 842. The number of hydrogen-bond donors (Lipinski definition) is 1. The van der Waals surface area contributed by atoms with Gasteiger partial charge in [-0.15, -0.1) is 11.6 Å². The maximum Gasteiger partial charge on any atom is 0.135 e. The largest absolute Gasteiger partial charge is 0.384 e. The molecule has 26 heavy (non-hydrogen) atoms. The SMILES string of the molecule is CC1CCc2ncnc(N3CCC4(CC3)CNc3ccc(CCl)cc34)c21. The molecule has 0 amide bonds. The Labute approximate surface area is 160 Å². The summed E-state index contributed by atoms with van der Waals surface area (Å²) in [5.74, 6) is 2.35. The number of rotatable bonds is 2. The van der Waals surface area contributed by atoms with E-state index in [9.17, 15) is 0 Å². The molecule has 1 aromatic carbocycles.